The van der Waals surface area contributed by atoms with Gasteiger partial charge in [0.05, 0.1) is 12.1 Å². The van der Waals surface area contributed by atoms with E-state index in [0.29, 0.717) is 0 Å². The summed E-state index contributed by atoms with van der Waals surface area (Å²) in [6.45, 7) is 5.93. The van der Waals surface area contributed by atoms with Gasteiger partial charge in [0.15, 0.2) is 0 Å². The van der Waals surface area contributed by atoms with E-state index in [1.165, 1.54) is 18.4 Å². The first-order chi connectivity index (χ1) is 9.24. The second-order valence-corrected chi connectivity index (χ2v) is 5.37. The molecule has 0 aromatic rings. The first kappa shape index (κ1) is 14.1. The number of allylic oxidation sites excluding steroid dienone is 3. The number of hydrogen-bond donors (Lipinski definition) is 2. The molecule has 1 heterocycles. The molecule has 0 aromatic heterocycles. The molecule has 1 fully saturated rings. The highest BCUT2D eigenvalue weighted by Gasteiger charge is 2.34. The summed E-state index contributed by atoms with van der Waals surface area (Å²) < 4.78 is 0. The Bertz CT molecular complexity index is 398. The van der Waals surface area contributed by atoms with E-state index >= 15 is 0 Å². The molecule has 1 amide bonds. The van der Waals surface area contributed by atoms with Crippen LogP contribution in [0.5, 0.6) is 0 Å². The summed E-state index contributed by atoms with van der Waals surface area (Å²) in [5.74, 6) is 0.0820. The van der Waals surface area contributed by atoms with E-state index in [4.69, 9.17) is 0 Å². The van der Waals surface area contributed by atoms with Crippen molar-refractivity contribution in [2.24, 2.45) is 5.92 Å². The number of unbranched alkanes of at least 4 members (excludes halogenated alkanes) is 2. The number of carbonyl (C=O) groups is 1. The molecular formula is C16H24N2O. The predicted octanol–water partition coefficient (Wildman–Crippen LogP) is 2.67. The quantitative estimate of drug-likeness (QED) is 0.569. The number of nitrogens with one attached hydrogen (secondary N) is 2. The highest BCUT2D eigenvalue weighted by molar-refractivity contribution is 5.83. The van der Waals surface area contributed by atoms with Crippen LogP contribution in [0, 0.1) is 5.92 Å². The molecule has 1 aliphatic heterocycles. The zero-order valence-electron chi connectivity index (χ0n) is 11.7. The minimum absolute atomic E-state index is 0.0672. The van der Waals surface area contributed by atoms with E-state index in [9.17, 15) is 4.79 Å². The lowest BCUT2D eigenvalue weighted by Gasteiger charge is -2.36. The zero-order valence-corrected chi connectivity index (χ0v) is 11.7. The third-order valence-electron chi connectivity index (χ3n) is 3.79. The van der Waals surface area contributed by atoms with Gasteiger partial charge in [-0.2, -0.15) is 0 Å². The van der Waals surface area contributed by atoms with Gasteiger partial charge in [0, 0.05) is 6.04 Å². The van der Waals surface area contributed by atoms with Crippen molar-refractivity contribution in [1.82, 2.24) is 10.6 Å². The van der Waals surface area contributed by atoms with Crippen LogP contribution in [0.3, 0.4) is 0 Å². The maximum Gasteiger partial charge on any atom is 0.230 e. The summed E-state index contributed by atoms with van der Waals surface area (Å²) >= 11 is 0. The predicted molar refractivity (Wildman–Crippen MR) is 78.5 cm³/mol. The monoisotopic (exact) mass is 260 g/mol. The Hall–Kier alpha value is -1.35. The van der Waals surface area contributed by atoms with Crippen LogP contribution in [0.15, 0.2) is 36.5 Å². The van der Waals surface area contributed by atoms with E-state index in [0.717, 1.165) is 19.3 Å². The molecule has 2 rings (SSSR count). The fourth-order valence-electron chi connectivity index (χ4n) is 2.73. The first-order valence-electron chi connectivity index (χ1n) is 7.30. The fraction of sp³-hybridized carbons (Fsp3) is 0.562. The molecule has 0 bridgehead atoms. The molecule has 19 heavy (non-hydrogen) atoms. The average molecular weight is 260 g/mol. The number of fused-ring (bicyclic) bond motifs is 1. The SMILES string of the molecule is C=CCC1=CC2C(=O)NC(CCCCC)NC2C=C1. The van der Waals surface area contributed by atoms with Crippen LogP contribution in [-0.4, -0.2) is 18.1 Å². The highest BCUT2D eigenvalue weighted by atomic mass is 16.2. The second-order valence-electron chi connectivity index (χ2n) is 5.37. The van der Waals surface area contributed by atoms with Crippen LogP contribution in [0.25, 0.3) is 0 Å². The number of amides is 1. The normalized spacial score (nSPS) is 29.4. The summed E-state index contributed by atoms with van der Waals surface area (Å²) in [5.41, 5.74) is 1.18. The number of carbonyl (C=O) groups excluding carboxylic acids is 1. The van der Waals surface area contributed by atoms with Crippen molar-refractivity contribution in [3.8, 4) is 0 Å². The second kappa shape index (κ2) is 6.71. The number of rotatable bonds is 6. The summed E-state index contributed by atoms with van der Waals surface area (Å²) in [6, 6.07) is 0.147. The third-order valence-corrected chi connectivity index (χ3v) is 3.79. The lowest BCUT2D eigenvalue weighted by molar-refractivity contribution is -0.127. The molecule has 3 atom stereocenters. The minimum Gasteiger partial charge on any atom is -0.340 e. The molecule has 3 nitrogen and oxygen atoms in total. The van der Waals surface area contributed by atoms with Crippen molar-refractivity contribution >= 4 is 5.91 Å². The summed E-state index contributed by atoms with van der Waals surface area (Å²) in [5, 5.41) is 6.60. The molecule has 0 aromatic carbocycles. The molecular weight excluding hydrogens is 236 g/mol. The van der Waals surface area contributed by atoms with Crippen LogP contribution in [0.1, 0.15) is 39.0 Å². The average Bonchev–Trinajstić information content (AvgIpc) is 2.40. The molecule has 0 spiro atoms. The van der Waals surface area contributed by atoms with E-state index < -0.39 is 0 Å². The van der Waals surface area contributed by atoms with Gasteiger partial charge in [-0.3, -0.25) is 10.1 Å². The van der Waals surface area contributed by atoms with Gasteiger partial charge in [0.25, 0.3) is 0 Å². The number of hydrogen-bond acceptors (Lipinski definition) is 2. The zero-order chi connectivity index (χ0) is 13.7. The lowest BCUT2D eigenvalue weighted by Crippen LogP contribution is -2.60. The summed E-state index contributed by atoms with van der Waals surface area (Å²) in [6.07, 6.45) is 13.7. The lowest BCUT2D eigenvalue weighted by atomic mass is 9.87. The Morgan fingerprint density at radius 1 is 1.42 bits per heavy atom. The molecule has 104 valence electrons. The minimum atomic E-state index is -0.0672. The molecule has 2 N–H and O–H groups in total. The molecule has 3 unspecified atom stereocenters. The van der Waals surface area contributed by atoms with Crippen LogP contribution in [0.4, 0.5) is 0 Å². The van der Waals surface area contributed by atoms with Crippen molar-refractivity contribution in [2.45, 2.75) is 51.2 Å². The summed E-state index contributed by atoms with van der Waals surface area (Å²) in [4.78, 5) is 12.2. The highest BCUT2D eigenvalue weighted by Crippen LogP contribution is 2.23. The van der Waals surface area contributed by atoms with Gasteiger partial charge >= 0.3 is 0 Å². The van der Waals surface area contributed by atoms with Crippen molar-refractivity contribution in [2.75, 3.05) is 0 Å². The third kappa shape index (κ3) is 3.57. The topological polar surface area (TPSA) is 41.1 Å². The Morgan fingerprint density at radius 2 is 2.26 bits per heavy atom. The first-order valence-corrected chi connectivity index (χ1v) is 7.30. The molecule has 1 saturated heterocycles. The van der Waals surface area contributed by atoms with Crippen LogP contribution >= 0.6 is 0 Å². The smallest absolute Gasteiger partial charge is 0.230 e. The van der Waals surface area contributed by atoms with Crippen molar-refractivity contribution in [3.63, 3.8) is 0 Å². The Labute approximate surface area is 115 Å². The van der Waals surface area contributed by atoms with Gasteiger partial charge in [-0.25, -0.2) is 0 Å². The maximum absolute atomic E-state index is 12.2. The van der Waals surface area contributed by atoms with Gasteiger partial charge in [0.2, 0.25) is 5.91 Å². The van der Waals surface area contributed by atoms with Crippen LogP contribution in [0.2, 0.25) is 0 Å². The largest absolute Gasteiger partial charge is 0.340 e. The van der Waals surface area contributed by atoms with Gasteiger partial charge in [-0.05, 0) is 18.4 Å². The summed E-state index contributed by atoms with van der Waals surface area (Å²) in [7, 11) is 0. The molecule has 0 saturated carbocycles. The molecule has 1 aliphatic carbocycles. The van der Waals surface area contributed by atoms with E-state index in [1.807, 2.05) is 6.08 Å². The maximum atomic E-state index is 12.2. The molecule has 2 aliphatic rings. The van der Waals surface area contributed by atoms with Gasteiger partial charge in [0.1, 0.15) is 0 Å². The standard InChI is InChI=1S/C16H24N2O/c1-3-5-6-8-15-17-14-10-9-12(7-4-2)11-13(14)16(19)18-15/h4,9-11,13-15,17H,2-3,5-8H2,1H3,(H,18,19). The Balaban J connectivity index is 1.94. The van der Waals surface area contributed by atoms with Crippen molar-refractivity contribution in [1.29, 1.82) is 0 Å². The van der Waals surface area contributed by atoms with Crippen LogP contribution < -0.4 is 10.6 Å². The Morgan fingerprint density at radius 3 is 3.00 bits per heavy atom. The van der Waals surface area contributed by atoms with Gasteiger partial charge in [-0.15, -0.1) is 6.58 Å². The van der Waals surface area contributed by atoms with Gasteiger partial charge in [-0.1, -0.05) is 50.5 Å². The Kier molecular flexibility index (Phi) is 4.97. The van der Waals surface area contributed by atoms with E-state index in [2.05, 4.69) is 42.4 Å². The van der Waals surface area contributed by atoms with Crippen LogP contribution in [-0.2, 0) is 4.79 Å². The van der Waals surface area contributed by atoms with Gasteiger partial charge < -0.3 is 5.32 Å². The van der Waals surface area contributed by atoms with Crippen molar-refractivity contribution in [3.05, 3.63) is 36.5 Å². The fourth-order valence-corrected chi connectivity index (χ4v) is 2.73. The van der Waals surface area contributed by atoms with E-state index in [1.54, 1.807) is 0 Å². The van der Waals surface area contributed by atoms with E-state index in [-0.39, 0.29) is 24.0 Å². The molecule has 3 heteroatoms. The molecule has 0 radical (unpaired) electrons. The van der Waals surface area contributed by atoms with Crippen molar-refractivity contribution < 1.29 is 4.79 Å².